The fourth-order valence-electron chi connectivity index (χ4n) is 6.46. The average molecular weight is 744 g/mol. The first kappa shape index (κ1) is 37.1. The van der Waals surface area contributed by atoms with Gasteiger partial charge in [-0.15, -0.1) is 0 Å². The van der Waals surface area contributed by atoms with Gasteiger partial charge in [-0.3, -0.25) is 9.69 Å². The highest BCUT2D eigenvalue weighted by Crippen LogP contribution is 2.42. The van der Waals surface area contributed by atoms with E-state index in [0.29, 0.717) is 6.54 Å². The molecule has 1 aliphatic heterocycles. The molecule has 2 N–H and O–H groups in total. The fraction of sp³-hybridized carbons (Fsp3) is 0.262. The summed E-state index contributed by atoms with van der Waals surface area (Å²) in [6, 6.07) is 45.1. The molecular formula is C42H41Cl3N2O4. The third-order valence-corrected chi connectivity index (χ3v) is 9.70. The number of hydrogen-bond donors (Lipinski definition) is 2. The molecule has 1 heterocycles. The third-order valence-electron chi connectivity index (χ3n) is 9.19. The molecule has 0 bridgehead atoms. The number of aliphatic hydroxyl groups excluding tert-OH is 1. The average Bonchev–Trinajstić information content (AvgIpc) is 3.15. The largest absolute Gasteiger partial charge is 0.392 e. The van der Waals surface area contributed by atoms with E-state index in [1.54, 1.807) is 0 Å². The van der Waals surface area contributed by atoms with Crippen LogP contribution >= 0.6 is 34.8 Å². The van der Waals surface area contributed by atoms with Gasteiger partial charge >= 0.3 is 0 Å². The van der Waals surface area contributed by atoms with Crippen molar-refractivity contribution in [2.75, 3.05) is 6.54 Å². The summed E-state index contributed by atoms with van der Waals surface area (Å²) in [6.45, 7) is 4.63. The summed E-state index contributed by atoms with van der Waals surface area (Å²) in [4.78, 5) is 14.6. The minimum atomic E-state index is -2.03. The molecular weight excluding hydrogens is 703 g/mol. The van der Waals surface area contributed by atoms with Crippen molar-refractivity contribution in [1.29, 1.82) is 0 Å². The lowest BCUT2D eigenvalue weighted by molar-refractivity contribution is -0.276. The molecule has 0 aliphatic carbocycles. The van der Waals surface area contributed by atoms with Gasteiger partial charge in [-0.2, -0.15) is 0 Å². The zero-order chi connectivity index (χ0) is 35.8. The SMILES string of the molecule is C[C@@H]1[C@H](CN(Cc2ccccc2)Cc2ccccc2)O[C@H](c2cccc(-c3cccc(CNC(=O)C(Cl)(Cl)Cl)c3)c2)O[C@@H]1c1ccc(CO)cc1. The molecule has 1 aliphatic rings. The Balaban J connectivity index is 1.28. The van der Waals surface area contributed by atoms with Gasteiger partial charge in [0.05, 0.1) is 18.8 Å². The van der Waals surface area contributed by atoms with Crippen LogP contribution in [-0.2, 0) is 40.5 Å². The smallest absolute Gasteiger partial charge is 0.272 e. The van der Waals surface area contributed by atoms with E-state index in [9.17, 15) is 9.90 Å². The standard InChI is InChI=1S/C42H41Cl3N2O4/c1-29-38(27-47(25-30-10-4-2-5-11-30)26-31-12-6-3-7-13-31)50-40(51-39(29)34-20-18-32(28-48)19-21-34)37-17-9-16-36(23-37)35-15-8-14-33(22-35)24-46-41(49)42(43,44)45/h2-23,29,38-40,48H,24-28H2,1H3,(H,46,49)/t29-,38+,39+,40+/m1/s1. The lowest BCUT2D eigenvalue weighted by atomic mass is 9.89. The lowest BCUT2D eigenvalue weighted by Gasteiger charge is -2.43. The first-order valence-corrected chi connectivity index (χ1v) is 18.1. The Hall–Kier alpha value is -3.72. The topological polar surface area (TPSA) is 71.0 Å². The number of hydrogen-bond acceptors (Lipinski definition) is 5. The molecule has 0 spiro atoms. The predicted molar refractivity (Wildman–Crippen MR) is 204 cm³/mol. The van der Waals surface area contributed by atoms with Crippen molar-refractivity contribution in [2.24, 2.45) is 5.92 Å². The Morgan fingerprint density at radius 3 is 1.90 bits per heavy atom. The number of ether oxygens (including phenoxy) is 2. The summed E-state index contributed by atoms with van der Waals surface area (Å²) in [5, 5.41) is 12.4. The van der Waals surface area contributed by atoms with Gasteiger partial charge in [0, 0.05) is 37.7 Å². The van der Waals surface area contributed by atoms with Gasteiger partial charge in [0.15, 0.2) is 6.29 Å². The lowest BCUT2D eigenvalue weighted by Crippen LogP contribution is -2.44. The van der Waals surface area contributed by atoms with E-state index < -0.39 is 16.0 Å². The van der Waals surface area contributed by atoms with Crippen molar-refractivity contribution in [2.45, 2.75) is 55.5 Å². The number of rotatable bonds is 12. The van der Waals surface area contributed by atoms with Gasteiger partial charge < -0.3 is 19.9 Å². The number of benzene rings is 5. The molecule has 0 aromatic heterocycles. The van der Waals surface area contributed by atoms with Crippen molar-refractivity contribution in [3.63, 3.8) is 0 Å². The van der Waals surface area contributed by atoms with Gasteiger partial charge in [0.2, 0.25) is 0 Å². The summed E-state index contributed by atoms with van der Waals surface area (Å²) in [5.74, 6) is -0.653. The first-order chi connectivity index (χ1) is 24.7. The predicted octanol–water partition coefficient (Wildman–Crippen LogP) is 9.33. The molecule has 4 atom stereocenters. The summed E-state index contributed by atoms with van der Waals surface area (Å²) < 4.78 is 11.7. The third kappa shape index (κ3) is 10.00. The number of carbonyl (C=O) groups is 1. The van der Waals surface area contributed by atoms with Crippen LogP contribution in [0.5, 0.6) is 0 Å². The molecule has 5 aromatic carbocycles. The summed E-state index contributed by atoms with van der Waals surface area (Å²) >= 11 is 17.2. The number of nitrogens with zero attached hydrogens (tertiary/aromatic N) is 1. The molecule has 1 fully saturated rings. The Morgan fingerprint density at radius 2 is 1.29 bits per heavy atom. The Bertz CT molecular complexity index is 1830. The van der Waals surface area contributed by atoms with Gasteiger partial charge in [-0.1, -0.05) is 163 Å². The quantitative estimate of drug-likeness (QED) is 0.125. The number of amides is 1. The first-order valence-electron chi connectivity index (χ1n) is 17.0. The molecule has 5 aromatic rings. The highest BCUT2D eigenvalue weighted by Gasteiger charge is 2.39. The number of alkyl halides is 3. The van der Waals surface area contributed by atoms with Crippen molar-refractivity contribution in [3.8, 4) is 11.1 Å². The molecule has 1 saturated heterocycles. The summed E-state index contributed by atoms with van der Waals surface area (Å²) in [6.07, 6.45) is -1.03. The van der Waals surface area contributed by atoms with Crippen LogP contribution in [0.25, 0.3) is 11.1 Å². The van der Waals surface area contributed by atoms with Gasteiger partial charge in [-0.25, -0.2) is 0 Å². The minimum absolute atomic E-state index is 0.0169. The second-order valence-electron chi connectivity index (χ2n) is 13.0. The van der Waals surface area contributed by atoms with Crippen LogP contribution < -0.4 is 5.32 Å². The highest BCUT2D eigenvalue weighted by atomic mass is 35.6. The zero-order valence-electron chi connectivity index (χ0n) is 28.3. The molecule has 0 saturated carbocycles. The summed E-state index contributed by atoms with van der Waals surface area (Å²) in [5.41, 5.74) is 8.07. The normalized spacial score (nSPS) is 19.2. The van der Waals surface area contributed by atoms with E-state index in [1.807, 2.05) is 78.9 Å². The number of nitrogens with one attached hydrogen (secondary N) is 1. The molecule has 51 heavy (non-hydrogen) atoms. The van der Waals surface area contributed by atoms with Crippen LogP contribution in [0.3, 0.4) is 0 Å². The van der Waals surface area contributed by atoms with Gasteiger partial charge in [0.25, 0.3) is 9.70 Å². The minimum Gasteiger partial charge on any atom is -0.392 e. The van der Waals surface area contributed by atoms with Gasteiger partial charge in [0.1, 0.15) is 0 Å². The van der Waals surface area contributed by atoms with Crippen molar-refractivity contribution >= 4 is 40.7 Å². The maximum Gasteiger partial charge on any atom is 0.272 e. The van der Waals surface area contributed by atoms with Crippen molar-refractivity contribution < 1.29 is 19.4 Å². The number of aliphatic hydroxyl groups is 1. The molecule has 1 amide bonds. The number of halogens is 3. The molecule has 0 unspecified atom stereocenters. The molecule has 0 radical (unpaired) electrons. The maximum atomic E-state index is 12.1. The van der Waals surface area contributed by atoms with Crippen LogP contribution in [0.1, 0.15) is 52.7 Å². The van der Waals surface area contributed by atoms with Crippen molar-refractivity contribution in [3.05, 3.63) is 167 Å². The zero-order valence-corrected chi connectivity index (χ0v) is 30.6. The molecule has 6 nitrogen and oxygen atoms in total. The Kier molecular flexibility index (Phi) is 12.5. The molecule has 6 rings (SSSR count). The van der Waals surface area contributed by atoms with Crippen LogP contribution in [0.4, 0.5) is 0 Å². The van der Waals surface area contributed by atoms with Crippen LogP contribution in [0.2, 0.25) is 0 Å². The van der Waals surface area contributed by atoms with E-state index in [2.05, 4.69) is 71.7 Å². The van der Waals surface area contributed by atoms with Gasteiger partial charge in [-0.05, 0) is 51.1 Å². The van der Waals surface area contributed by atoms with Crippen LogP contribution in [0.15, 0.2) is 133 Å². The van der Waals surface area contributed by atoms with Crippen LogP contribution in [0, 0.1) is 5.92 Å². The summed E-state index contributed by atoms with van der Waals surface area (Å²) in [7, 11) is 0. The van der Waals surface area contributed by atoms with E-state index in [4.69, 9.17) is 44.3 Å². The van der Waals surface area contributed by atoms with Crippen molar-refractivity contribution in [1.82, 2.24) is 10.2 Å². The second kappa shape index (κ2) is 17.2. The van der Waals surface area contributed by atoms with E-state index in [0.717, 1.165) is 46.5 Å². The fourth-order valence-corrected chi connectivity index (χ4v) is 6.66. The highest BCUT2D eigenvalue weighted by molar-refractivity contribution is 6.76. The maximum absolute atomic E-state index is 12.1. The number of carbonyl (C=O) groups excluding carboxylic acids is 1. The van der Waals surface area contributed by atoms with E-state index in [-0.39, 0.29) is 31.3 Å². The Morgan fingerprint density at radius 1 is 0.706 bits per heavy atom. The van der Waals surface area contributed by atoms with E-state index >= 15 is 0 Å². The monoisotopic (exact) mass is 742 g/mol. The second-order valence-corrected chi connectivity index (χ2v) is 15.3. The molecule has 264 valence electrons. The van der Waals surface area contributed by atoms with E-state index in [1.165, 1.54) is 11.1 Å². The van der Waals surface area contributed by atoms with Crippen LogP contribution in [-0.4, -0.2) is 32.4 Å². The molecule has 9 heteroatoms. The Labute approximate surface area is 314 Å².